The number of hydrogen-bond donors (Lipinski definition) is 1. The second-order valence-corrected chi connectivity index (χ2v) is 3.41. The third kappa shape index (κ3) is 6.94. The van der Waals surface area contributed by atoms with Crippen molar-refractivity contribution in [2.45, 2.75) is 0 Å². The summed E-state index contributed by atoms with van der Waals surface area (Å²) in [6.07, 6.45) is 0. The number of rotatable bonds is 3. The Kier molecular flexibility index (Phi) is 9.11. The largest absolute Gasteiger partial charge is 1.00 e. The van der Waals surface area contributed by atoms with E-state index in [0.717, 1.165) is 0 Å². The Hall–Kier alpha value is -1.83. The van der Waals surface area contributed by atoms with Crippen LogP contribution in [0.15, 0.2) is 36.4 Å². The molecule has 0 radical (unpaired) electrons. The van der Waals surface area contributed by atoms with Gasteiger partial charge in [-0.15, -0.1) is 0 Å². The van der Waals surface area contributed by atoms with Crippen molar-refractivity contribution in [3.63, 3.8) is 0 Å². The average Bonchev–Trinajstić information content (AvgIpc) is 2.48. The van der Waals surface area contributed by atoms with Crippen LogP contribution >= 0.6 is 0 Å². The molecule has 0 aliphatic heterocycles. The first-order chi connectivity index (χ1) is 9.56. The van der Waals surface area contributed by atoms with Gasteiger partial charge in [-0.25, -0.2) is 14.8 Å². The Morgan fingerprint density at radius 3 is 1.90 bits per heavy atom. The summed E-state index contributed by atoms with van der Waals surface area (Å²) in [6.45, 7) is 0. The number of aromatic carboxylic acids is 1. The van der Waals surface area contributed by atoms with Gasteiger partial charge >= 0.3 is 35.5 Å². The number of carboxylic acids is 1. The summed E-state index contributed by atoms with van der Waals surface area (Å²) in [4.78, 5) is 17.1. The monoisotopic (exact) mass is 300 g/mol. The molecule has 1 aromatic heterocycles. The van der Waals surface area contributed by atoms with Gasteiger partial charge in [0.25, 0.3) is 0 Å². The summed E-state index contributed by atoms with van der Waals surface area (Å²) in [7, 11) is 2.84. The topological polar surface area (TPSA) is 105 Å². The molecule has 0 saturated heterocycles. The summed E-state index contributed by atoms with van der Waals surface area (Å²) >= 11 is 0. The van der Waals surface area contributed by atoms with Crippen LogP contribution in [0.3, 0.4) is 0 Å². The van der Waals surface area contributed by atoms with E-state index in [1.807, 2.05) is 0 Å². The van der Waals surface area contributed by atoms with E-state index in [9.17, 15) is 9.90 Å². The fourth-order valence-corrected chi connectivity index (χ4v) is 1.17. The van der Waals surface area contributed by atoms with E-state index in [2.05, 4.69) is 9.97 Å². The van der Waals surface area contributed by atoms with Gasteiger partial charge < -0.3 is 19.7 Å². The fraction of sp³-hybridized carbons (Fsp3) is 0.154. The third-order valence-electron chi connectivity index (χ3n) is 2.10. The maximum absolute atomic E-state index is 10.6. The van der Waals surface area contributed by atoms with Gasteiger partial charge in [0.1, 0.15) is 0 Å². The molecule has 0 fully saturated rings. The Bertz CT molecular complexity index is 543. The van der Waals surface area contributed by atoms with Crippen LogP contribution in [0.25, 0.3) is 0 Å². The minimum atomic E-state index is -0.879. The van der Waals surface area contributed by atoms with Crippen molar-refractivity contribution in [2.75, 3.05) is 14.2 Å². The number of aromatic nitrogens is 2. The predicted molar refractivity (Wildman–Crippen MR) is 68.0 cm³/mol. The van der Waals surface area contributed by atoms with Crippen LogP contribution in [0.4, 0.5) is 0 Å². The van der Waals surface area contributed by atoms with E-state index in [0.29, 0.717) is 5.56 Å². The summed E-state index contributed by atoms with van der Waals surface area (Å²) in [5.41, 5.74) is 0.331. The van der Waals surface area contributed by atoms with E-state index in [4.69, 9.17) is 14.6 Å². The smallest absolute Gasteiger partial charge is 0.844 e. The quantitative estimate of drug-likeness (QED) is 0.651. The molecule has 106 valence electrons. The first-order valence-electron chi connectivity index (χ1n) is 5.49. The van der Waals surface area contributed by atoms with Crippen LogP contribution in [0.1, 0.15) is 10.4 Å². The number of carboxylic acid groups (broad SMARTS) is 1. The fourth-order valence-electron chi connectivity index (χ4n) is 1.17. The number of benzene rings is 1. The van der Waals surface area contributed by atoms with Gasteiger partial charge in [-0.2, -0.15) is 0 Å². The van der Waals surface area contributed by atoms with Gasteiger partial charge in [-0.3, -0.25) is 0 Å². The van der Waals surface area contributed by atoms with Crippen LogP contribution < -0.4 is 44.1 Å². The average molecular weight is 300 g/mol. The zero-order chi connectivity index (χ0) is 15.0. The molecular weight excluding hydrogens is 287 g/mol. The molecule has 0 unspecified atom stereocenters. The molecule has 0 aliphatic rings. The number of ether oxygens (including phenoxy) is 2. The van der Waals surface area contributed by atoms with Crippen LogP contribution in [-0.2, 0) is 0 Å². The summed E-state index contributed by atoms with van der Waals surface area (Å²) < 4.78 is 9.41. The van der Waals surface area contributed by atoms with Crippen LogP contribution in [0.5, 0.6) is 17.8 Å². The number of nitrogens with zero attached hydrogens (tertiary/aromatic N) is 2. The Labute approximate surface area is 143 Å². The molecule has 7 nitrogen and oxygen atoms in total. The van der Waals surface area contributed by atoms with E-state index in [1.165, 1.54) is 20.3 Å². The molecule has 0 amide bonds. The first kappa shape index (κ1) is 19.2. The number of hydrogen-bond acceptors (Lipinski definition) is 6. The minimum absolute atomic E-state index is 0. The van der Waals surface area contributed by atoms with Crippen molar-refractivity contribution in [3.8, 4) is 17.8 Å². The van der Waals surface area contributed by atoms with Gasteiger partial charge in [-0.1, -0.05) is 18.2 Å². The van der Waals surface area contributed by atoms with Crippen LogP contribution in [0.2, 0.25) is 0 Å². The van der Waals surface area contributed by atoms with Gasteiger partial charge in [0, 0.05) is 0 Å². The minimum Gasteiger partial charge on any atom is -0.844 e. The predicted octanol–water partition coefficient (Wildman–Crippen LogP) is -2.04. The maximum Gasteiger partial charge on any atom is 1.00 e. The second-order valence-electron chi connectivity index (χ2n) is 3.41. The molecule has 1 aromatic carbocycles. The number of methoxy groups -OCH3 is 2. The summed E-state index contributed by atoms with van der Waals surface area (Å²) in [6, 6.07) is 9.12. The van der Waals surface area contributed by atoms with E-state index in [1.54, 1.807) is 30.3 Å². The standard InChI is InChI=1S/C7H6O2.C6H8N2O3.Na/c8-7(9)6-4-2-1-3-5-6;1-10-4-3-5(11-2)8-6(9)7-4;/h1-5H,(H,8,9);3H,1-2H3,(H,7,8,9);/q;;+1/p-1. The summed E-state index contributed by atoms with van der Waals surface area (Å²) in [5.74, 6) is -0.459. The second kappa shape index (κ2) is 9.98. The molecule has 8 heteroatoms. The molecule has 1 heterocycles. The SMILES string of the molecule is COc1cc(OC)nc([O-])n1.O=C(O)c1ccccc1.[Na+]. The molecule has 2 rings (SSSR count). The first-order valence-corrected chi connectivity index (χ1v) is 5.49. The molecule has 21 heavy (non-hydrogen) atoms. The van der Waals surface area contributed by atoms with E-state index in [-0.39, 0.29) is 41.3 Å². The van der Waals surface area contributed by atoms with Crippen molar-refractivity contribution >= 4 is 5.97 Å². The number of carbonyl (C=O) groups is 1. The van der Waals surface area contributed by atoms with Crippen LogP contribution in [-0.4, -0.2) is 35.3 Å². The van der Waals surface area contributed by atoms with Crippen molar-refractivity contribution < 1.29 is 54.0 Å². The molecule has 0 atom stereocenters. The van der Waals surface area contributed by atoms with Gasteiger partial charge in [0.2, 0.25) is 11.8 Å². The van der Waals surface area contributed by atoms with Crippen molar-refractivity contribution in [3.05, 3.63) is 42.0 Å². The Morgan fingerprint density at radius 2 is 1.57 bits per heavy atom. The van der Waals surface area contributed by atoms with Crippen molar-refractivity contribution in [1.29, 1.82) is 0 Å². The Morgan fingerprint density at radius 1 is 1.10 bits per heavy atom. The molecular formula is C13H13N2NaO5. The Balaban J connectivity index is 0.000000370. The van der Waals surface area contributed by atoms with Gasteiger partial charge in [-0.05, 0) is 12.1 Å². The molecule has 0 spiro atoms. The van der Waals surface area contributed by atoms with Crippen LogP contribution in [0, 0.1) is 0 Å². The molecule has 0 saturated carbocycles. The third-order valence-corrected chi connectivity index (χ3v) is 2.10. The molecule has 0 bridgehead atoms. The normalized spacial score (nSPS) is 8.67. The van der Waals surface area contributed by atoms with E-state index < -0.39 is 12.0 Å². The van der Waals surface area contributed by atoms with Crippen molar-refractivity contribution in [2.24, 2.45) is 0 Å². The molecule has 2 aromatic rings. The van der Waals surface area contributed by atoms with Gasteiger partial charge in [0.15, 0.2) is 0 Å². The molecule has 1 N–H and O–H groups in total. The molecule has 0 aliphatic carbocycles. The van der Waals surface area contributed by atoms with E-state index >= 15 is 0 Å². The maximum atomic E-state index is 10.6. The van der Waals surface area contributed by atoms with Gasteiger partial charge in [0.05, 0.1) is 31.9 Å². The van der Waals surface area contributed by atoms with Crippen molar-refractivity contribution in [1.82, 2.24) is 9.97 Å². The zero-order valence-corrected chi connectivity index (χ0v) is 13.9. The summed E-state index contributed by atoms with van der Waals surface area (Å²) in [5, 5.41) is 19.0. The zero-order valence-electron chi connectivity index (χ0n) is 11.9.